The van der Waals surface area contributed by atoms with Crippen LogP contribution in [0.2, 0.25) is 5.02 Å². The van der Waals surface area contributed by atoms with Gasteiger partial charge in [0.05, 0.1) is 11.1 Å². The highest BCUT2D eigenvalue weighted by Crippen LogP contribution is 2.31. The summed E-state index contributed by atoms with van der Waals surface area (Å²) in [6.07, 6.45) is -0.416. The number of hydrogen-bond acceptors (Lipinski definition) is 5. The standard InChI is InChI=1S/C10H11BClNO5/c12-10-6(17-4-8(14)15)2-1-5-7(3-13)18-11(16)9(5)10/h1-2,7,16H,3-4,13H2,(H,14,15). The minimum absolute atomic E-state index is 0.150. The second-order valence-electron chi connectivity index (χ2n) is 3.78. The molecule has 0 spiro atoms. The van der Waals surface area contributed by atoms with E-state index in [0.717, 1.165) is 0 Å². The first kappa shape index (κ1) is 13.2. The summed E-state index contributed by atoms with van der Waals surface area (Å²) in [6, 6.07) is 3.19. The minimum Gasteiger partial charge on any atom is -0.480 e. The van der Waals surface area contributed by atoms with Gasteiger partial charge in [0.2, 0.25) is 0 Å². The van der Waals surface area contributed by atoms with E-state index in [4.69, 9.17) is 31.8 Å². The van der Waals surface area contributed by atoms with Gasteiger partial charge in [-0.25, -0.2) is 4.79 Å². The van der Waals surface area contributed by atoms with Crippen LogP contribution >= 0.6 is 11.6 Å². The molecule has 6 nitrogen and oxygen atoms in total. The molecular weight excluding hydrogens is 260 g/mol. The zero-order valence-corrected chi connectivity index (χ0v) is 10.1. The molecule has 1 aromatic rings. The number of aliphatic carboxylic acids is 1. The molecule has 8 heteroatoms. The van der Waals surface area contributed by atoms with E-state index in [0.29, 0.717) is 11.0 Å². The van der Waals surface area contributed by atoms with Crippen LogP contribution in [0.25, 0.3) is 0 Å². The van der Waals surface area contributed by atoms with Crippen molar-refractivity contribution in [1.82, 2.24) is 0 Å². The van der Waals surface area contributed by atoms with Crippen molar-refractivity contribution in [3.05, 3.63) is 22.7 Å². The molecule has 0 aliphatic carbocycles. The number of ether oxygens (including phenoxy) is 1. The molecule has 96 valence electrons. The van der Waals surface area contributed by atoms with Gasteiger partial charge in [-0.3, -0.25) is 0 Å². The van der Waals surface area contributed by atoms with Crippen LogP contribution < -0.4 is 15.9 Å². The molecule has 0 saturated heterocycles. The van der Waals surface area contributed by atoms with Crippen LogP contribution in [-0.4, -0.2) is 36.4 Å². The number of carboxylic acids is 1. The second-order valence-corrected chi connectivity index (χ2v) is 4.15. The van der Waals surface area contributed by atoms with E-state index >= 15 is 0 Å². The van der Waals surface area contributed by atoms with Gasteiger partial charge in [0.25, 0.3) is 0 Å². The number of nitrogens with two attached hydrogens (primary N) is 1. The Labute approximate surface area is 108 Å². The van der Waals surface area contributed by atoms with Crippen LogP contribution in [0.5, 0.6) is 5.75 Å². The number of fused-ring (bicyclic) bond motifs is 1. The zero-order chi connectivity index (χ0) is 13.3. The normalized spacial score (nSPS) is 17.7. The van der Waals surface area contributed by atoms with Crippen molar-refractivity contribution in [1.29, 1.82) is 0 Å². The summed E-state index contributed by atoms with van der Waals surface area (Å²) in [5, 5.41) is 18.4. The van der Waals surface area contributed by atoms with Gasteiger partial charge in [0.1, 0.15) is 5.75 Å². The van der Waals surface area contributed by atoms with Crippen molar-refractivity contribution in [3.8, 4) is 5.75 Å². The Kier molecular flexibility index (Phi) is 3.77. The van der Waals surface area contributed by atoms with Crippen LogP contribution in [0, 0.1) is 0 Å². The molecule has 0 bridgehead atoms. The Morgan fingerprint density at radius 1 is 1.61 bits per heavy atom. The summed E-state index contributed by atoms with van der Waals surface area (Å²) in [6.45, 7) is -0.286. The van der Waals surface area contributed by atoms with E-state index in [1.807, 2.05) is 0 Å². The molecule has 1 atom stereocenters. The average Bonchev–Trinajstić information content (AvgIpc) is 2.65. The van der Waals surface area contributed by atoms with Gasteiger partial charge in [-0.1, -0.05) is 17.7 Å². The van der Waals surface area contributed by atoms with Crippen LogP contribution in [0.3, 0.4) is 0 Å². The summed E-state index contributed by atoms with van der Waals surface area (Å²) < 4.78 is 10.2. The lowest BCUT2D eigenvalue weighted by Gasteiger charge is -2.11. The average molecular weight is 271 g/mol. The molecule has 1 heterocycles. The maximum Gasteiger partial charge on any atom is 0.493 e. The van der Waals surface area contributed by atoms with Crippen molar-refractivity contribution >= 4 is 30.2 Å². The highest BCUT2D eigenvalue weighted by molar-refractivity contribution is 6.65. The van der Waals surface area contributed by atoms with Gasteiger partial charge in [-0.2, -0.15) is 0 Å². The molecule has 1 aliphatic rings. The first-order chi connectivity index (χ1) is 8.54. The monoisotopic (exact) mass is 271 g/mol. The van der Waals surface area contributed by atoms with Crippen LogP contribution in [0.15, 0.2) is 12.1 Å². The van der Waals surface area contributed by atoms with Gasteiger partial charge in [0, 0.05) is 12.0 Å². The minimum atomic E-state index is -1.17. The largest absolute Gasteiger partial charge is 0.493 e. The number of carboxylic acid groups (broad SMARTS) is 1. The van der Waals surface area contributed by atoms with Gasteiger partial charge >= 0.3 is 13.1 Å². The fraction of sp³-hybridized carbons (Fsp3) is 0.300. The SMILES string of the molecule is NCC1OB(O)c2c1ccc(OCC(=O)O)c2Cl. The zero-order valence-electron chi connectivity index (χ0n) is 9.30. The number of benzene rings is 1. The molecule has 0 amide bonds. The van der Waals surface area contributed by atoms with E-state index in [9.17, 15) is 9.82 Å². The van der Waals surface area contributed by atoms with Crippen molar-refractivity contribution in [2.75, 3.05) is 13.2 Å². The quantitative estimate of drug-likeness (QED) is 0.639. The molecule has 1 aromatic carbocycles. The van der Waals surface area contributed by atoms with Gasteiger partial charge < -0.3 is 25.3 Å². The molecule has 1 unspecified atom stereocenters. The van der Waals surface area contributed by atoms with Gasteiger partial charge in [0.15, 0.2) is 6.61 Å². The van der Waals surface area contributed by atoms with E-state index in [1.165, 1.54) is 6.07 Å². The summed E-state index contributed by atoms with van der Waals surface area (Å²) in [5.41, 5.74) is 6.59. The van der Waals surface area contributed by atoms with E-state index in [-0.39, 0.29) is 17.3 Å². The lowest BCUT2D eigenvalue weighted by atomic mass is 9.79. The molecule has 4 N–H and O–H groups in total. The topological polar surface area (TPSA) is 102 Å². The van der Waals surface area contributed by atoms with E-state index in [2.05, 4.69) is 0 Å². The molecule has 0 fully saturated rings. The molecule has 2 rings (SSSR count). The summed E-state index contributed by atoms with van der Waals surface area (Å²) in [5.74, 6) is -0.915. The second kappa shape index (κ2) is 5.15. The third kappa shape index (κ3) is 2.30. The fourth-order valence-corrected chi connectivity index (χ4v) is 2.17. The summed E-state index contributed by atoms with van der Waals surface area (Å²) >= 11 is 6.06. The van der Waals surface area contributed by atoms with E-state index in [1.54, 1.807) is 6.07 Å². The van der Waals surface area contributed by atoms with Crippen molar-refractivity contribution in [2.45, 2.75) is 6.10 Å². The fourth-order valence-electron chi connectivity index (χ4n) is 1.85. The van der Waals surface area contributed by atoms with Gasteiger partial charge in [-0.05, 0) is 11.6 Å². The Morgan fingerprint density at radius 3 is 2.94 bits per heavy atom. The van der Waals surface area contributed by atoms with Crippen LogP contribution in [-0.2, 0) is 9.45 Å². The van der Waals surface area contributed by atoms with E-state index < -0.39 is 25.8 Å². The third-order valence-electron chi connectivity index (χ3n) is 2.63. The highest BCUT2D eigenvalue weighted by atomic mass is 35.5. The summed E-state index contributed by atoms with van der Waals surface area (Å²) in [7, 11) is -1.17. The maximum absolute atomic E-state index is 10.4. The molecule has 0 radical (unpaired) electrons. The van der Waals surface area contributed by atoms with Crippen LogP contribution in [0.1, 0.15) is 11.7 Å². The Balaban J connectivity index is 2.33. The predicted molar refractivity (Wildman–Crippen MR) is 65.1 cm³/mol. The molecule has 0 saturated carbocycles. The van der Waals surface area contributed by atoms with Crippen molar-refractivity contribution < 1.29 is 24.3 Å². The Bertz CT molecular complexity index is 484. The lowest BCUT2D eigenvalue weighted by molar-refractivity contribution is -0.139. The van der Waals surface area contributed by atoms with Crippen LogP contribution in [0.4, 0.5) is 0 Å². The first-order valence-corrected chi connectivity index (χ1v) is 5.63. The molecule has 1 aliphatic heterocycles. The van der Waals surface area contributed by atoms with Gasteiger partial charge in [-0.15, -0.1) is 0 Å². The number of hydrogen-bond donors (Lipinski definition) is 3. The Hall–Kier alpha value is -1.28. The maximum atomic E-state index is 10.4. The van der Waals surface area contributed by atoms with Crippen molar-refractivity contribution in [3.63, 3.8) is 0 Å². The summed E-state index contributed by atoms with van der Waals surface area (Å²) in [4.78, 5) is 10.4. The molecular formula is C10H11BClNO5. The number of carbonyl (C=O) groups is 1. The highest BCUT2D eigenvalue weighted by Gasteiger charge is 2.37. The third-order valence-corrected chi connectivity index (χ3v) is 3.02. The molecule has 0 aromatic heterocycles. The first-order valence-electron chi connectivity index (χ1n) is 5.25. The lowest BCUT2D eigenvalue weighted by Crippen LogP contribution is -2.29. The van der Waals surface area contributed by atoms with Crippen molar-refractivity contribution in [2.24, 2.45) is 5.73 Å². The predicted octanol–water partition coefficient (Wildman–Crippen LogP) is -0.479. The number of halogens is 1. The number of rotatable bonds is 4. The molecule has 18 heavy (non-hydrogen) atoms. The smallest absolute Gasteiger partial charge is 0.480 e. The Morgan fingerprint density at radius 2 is 2.33 bits per heavy atom.